The number of nitrogens with zero attached hydrogens (tertiary/aromatic N) is 5. The Bertz CT molecular complexity index is 3600. The lowest BCUT2D eigenvalue weighted by Crippen LogP contribution is -2.59. The smallest absolute Gasteiger partial charge is 0.317 e. The topological polar surface area (TPSA) is 541 Å². The van der Waals surface area contributed by atoms with Gasteiger partial charge in [0.05, 0.1) is 45.1 Å². The molecule has 2 aromatic carbocycles. The number of benzene rings is 2. The van der Waals surface area contributed by atoms with Gasteiger partial charge in [0.15, 0.2) is 5.78 Å². The average molecular weight is 1490 g/mol. The van der Waals surface area contributed by atoms with Crippen molar-refractivity contribution >= 4 is 105 Å². The summed E-state index contributed by atoms with van der Waals surface area (Å²) in [6, 6.07) is 4.18. The molecule has 3 heterocycles. The number of Topliss-reactive ketones (excluding diaryl/α,β-unsaturated/α-hetero) is 1. The fourth-order valence-corrected chi connectivity index (χ4v) is 11.8. The molecule has 0 spiro atoms. The molecule has 19 N–H and O–H groups in total. The van der Waals surface area contributed by atoms with Crippen molar-refractivity contribution in [3.8, 4) is 5.75 Å². The lowest BCUT2D eigenvalue weighted by molar-refractivity contribution is -0.140. The normalized spacial score (nSPS) is 15.9. The molecule has 2 aromatic heterocycles. The van der Waals surface area contributed by atoms with Crippen molar-refractivity contribution in [1.29, 1.82) is 0 Å². The van der Waals surface area contributed by atoms with Crippen molar-refractivity contribution in [2.24, 2.45) is 35.0 Å². The number of thioether (sulfide) groups is 1. The van der Waals surface area contributed by atoms with Gasteiger partial charge >= 0.3 is 17.9 Å². The minimum absolute atomic E-state index is 0.108. The van der Waals surface area contributed by atoms with Crippen molar-refractivity contribution in [2.45, 2.75) is 116 Å². The van der Waals surface area contributed by atoms with Crippen LogP contribution in [0, 0.1) is 17.8 Å². The number of carboxylic acid groups (broad SMARTS) is 3. The number of para-hydroxylation sites is 2. The highest BCUT2D eigenvalue weighted by molar-refractivity contribution is 7.98. The van der Waals surface area contributed by atoms with Crippen molar-refractivity contribution in [3.05, 3.63) is 84.1 Å². The van der Waals surface area contributed by atoms with Crippen molar-refractivity contribution in [3.63, 3.8) is 0 Å². The standard InChI is InChI=1S/C68H100N18O18S/c1-39(2)25-50(66(101)79-49(62(71)97)15-24-105-6)81-67(102)52(27-44-31-72-38-76-44)78-55(88)32-75-68(103)60(40(3)4)82-63(98)41(5)77-65(100)51(26-43-30-73-48-13-9-8-12-45(43)48)80-64(99)47(69)28-46(61(70)96)53(87)37-104-54-14-10-7-11-42(54)29-74-56(89)33-83-16-18-84(34-57(90)91)20-22-86(36-59(94)95)23-21-85(19-17-83)35-58(92)93/h7-14,30-31,38-41,46-47,49-52,60,73H,15-29,32-37,69H2,1-6H3,(H2,70,96)(H2,71,97)(H,72,76)(H,74,89)(H,75,103)(H,77,100)(H,78,88)(H,79,101)(H,80,99)(H,81,102)(H,82,98)(H,90,91)(H,92,93)(H,94,95)/t41-,46?,47-,49-,50-,51-,52-,60-/m0/s1. The Morgan fingerprint density at radius 2 is 1.11 bits per heavy atom. The number of rotatable bonds is 42. The van der Waals surface area contributed by atoms with E-state index in [1.54, 1.807) is 82.1 Å². The first-order valence-electron chi connectivity index (χ1n) is 34.3. The van der Waals surface area contributed by atoms with Gasteiger partial charge in [-0.3, -0.25) is 86.7 Å². The third-order valence-corrected chi connectivity index (χ3v) is 17.8. The number of amides is 10. The number of ketones is 1. The van der Waals surface area contributed by atoms with Crippen LogP contribution in [0.5, 0.6) is 5.75 Å². The third kappa shape index (κ3) is 29.9. The summed E-state index contributed by atoms with van der Waals surface area (Å²) in [7, 11) is 0. The Balaban J connectivity index is 1.21. The molecule has 105 heavy (non-hydrogen) atoms. The number of nitrogens with two attached hydrogens (primary N) is 3. The molecule has 0 saturated carbocycles. The molecule has 1 aliphatic heterocycles. The molecular weight excluding hydrogens is 1390 g/mol. The number of carbonyl (C=O) groups excluding carboxylic acids is 11. The molecule has 576 valence electrons. The summed E-state index contributed by atoms with van der Waals surface area (Å²) < 4.78 is 5.88. The van der Waals surface area contributed by atoms with Gasteiger partial charge in [0.25, 0.3) is 0 Å². The zero-order valence-corrected chi connectivity index (χ0v) is 60.6. The summed E-state index contributed by atoms with van der Waals surface area (Å²) >= 11 is 1.45. The number of aromatic amines is 2. The van der Waals surface area contributed by atoms with Crippen LogP contribution >= 0.6 is 11.8 Å². The zero-order chi connectivity index (χ0) is 77.4. The first kappa shape index (κ1) is 85.6. The maximum absolute atomic E-state index is 14.4. The van der Waals surface area contributed by atoms with Crippen LogP contribution in [0.1, 0.15) is 70.7 Å². The molecule has 37 heteroatoms. The number of hydrogen-bond donors (Lipinski definition) is 16. The van der Waals surface area contributed by atoms with E-state index in [-0.39, 0.29) is 122 Å². The van der Waals surface area contributed by atoms with Gasteiger partial charge in [-0.2, -0.15) is 11.8 Å². The Hall–Kier alpha value is -10.1. The van der Waals surface area contributed by atoms with Crippen molar-refractivity contribution in [1.82, 2.24) is 77.1 Å². The van der Waals surface area contributed by atoms with E-state index in [1.165, 1.54) is 37.3 Å². The number of aliphatic carboxylic acids is 3. The SMILES string of the molecule is CSCC[C@H](NC(=O)[C@H](CC(C)C)NC(=O)[C@H](Cc1cnc[nH]1)NC(=O)CNC(=O)[C@@H](NC(=O)[C@H](C)NC(=O)[C@H](Cc1c[nH]c2ccccc12)NC(=O)[C@@H](N)CC(C(N)=O)C(=O)COc1ccccc1CNC(=O)CN1CCN(CC(=O)O)CCN(CC(=O)O)CCN(CC(=O)O)CC1)C(C)C)C(N)=O. The van der Waals surface area contributed by atoms with E-state index in [0.717, 1.165) is 0 Å². The van der Waals surface area contributed by atoms with E-state index in [4.69, 9.17) is 21.9 Å². The maximum Gasteiger partial charge on any atom is 0.317 e. The highest BCUT2D eigenvalue weighted by Crippen LogP contribution is 2.22. The Morgan fingerprint density at radius 1 is 0.571 bits per heavy atom. The fraction of sp³-hybridized carbons (Fsp3) is 0.544. The first-order valence-corrected chi connectivity index (χ1v) is 35.7. The summed E-state index contributed by atoms with van der Waals surface area (Å²) in [5.74, 6) is -14.2. The maximum atomic E-state index is 14.4. The second kappa shape index (κ2) is 43.3. The quantitative estimate of drug-likeness (QED) is 0.0189. The van der Waals surface area contributed by atoms with Crippen LogP contribution in [0.3, 0.4) is 0 Å². The monoisotopic (exact) mass is 1490 g/mol. The minimum Gasteiger partial charge on any atom is -0.485 e. The van der Waals surface area contributed by atoms with Gasteiger partial charge in [-0.25, -0.2) is 4.98 Å². The van der Waals surface area contributed by atoms with Gasteiger partial charge in [-0.15, -0.1) is 0 Å². The number of aromatic nitrogens is 3. The number of imidazole rings is 1. The molecule has 8 atom stereocenters. The Morgan fingerprint density at radius 3 is 1.67 bits per heavy atom. The summed E-state index contributed by atoms with van der Waals surface area (Å²) in [5.41, 5.74) is 19.8. The summed E-state index contributed by atoms with van der Waals surface area (Å²) in [6.07, 6.45) is 5.70. The van der Waals surface area contributed by atoms with Crippen LogP contribution < -0.4 is 64.5 Å². The van der Waals surface area contributed by atoms with E-state index in [9.17, 15) is 82.4 Å². The predicted octanol–water partition coefficient (Wildman–Crippen LogP) is -3.78. The molecule has 10 amide bonds. The zero-order valence-electron chi connectivity index (χ0n) is 59.8. The van der Waals surface area contributed by atoms with E-state index in [0.29, 0.717) is 33.5 Å². The van der Waals surface area contributed by atoms with Crippen LogP contribution in [0.4, 0.5) is 0 Å². The number of carboxylic acids is 3. The lowest BCUT2D eigenvalue weighted by atomic mass is 9.94. The number of hydrogen-bond acceptors (Lipinski definition) is 22. The number of carbonyl (C=O) groups is 14. The molecule has 0 radical (unpaired) electrons. The van der Waals surface area contributed by atoms with Gasteiger partial charge in [0, 0.05) is 106 Å². The number of ether oxygens (including phenoxy) is 1. The number of nitrogens with one attached hydrogen (secondary N) is 10. The third-order valence-electron chi connectivity index (χ3n) is 17.1. The van der Waals surface area contributed by atoms with Crippen LogP contribution in [0.25, 0.3) is 10.9 Å². The van der Waals surface area contributed by atoms with Gasteiger partial charge in [-0.1, -0.05) is 64.1 Å². The lowest BCUT2D eigenvalue weighted by Gasteiger charge is -2.32. The molecule has 0 aliphatic carbocycles. The number of primary amides is 2. The van der Waals surface area contributed by atoms with E-state index < -0.39 is 156 Å². The first-order chi connectivity index (χ1) is 49.8. The Labute approximate surface area is 611 Å². The van der Waals surface area contributed by atoms with Crippen molar-refractivity contribution < 1.29 is 87.2 Å². The van der Waals surface area contributed by atoms with Crippen LogP contribution in [0.15, 0.2) is 67.3 Å². The molecular formula is C68H100N18O18S. The minimum atomic E-state index is -1.70. The molecule has 1 unspecified atom stereocenters. The van der Waals surface area contributed by atoms with Crippen LogP contribution in [-0.4, -0.2) is 279 Å². The second-order valence-corrected chi connectivity index (χ2v) is 27.3. The number of H-pyrrole nitrogens is 2. The molecule has 0 bridgehead atoms. The van der Waals surface area contributed by atoms with E-state index >= 15 is 0 Å². The summed E-state index contributed by atoms with van der Waals surface area (Å²) in [6.45, 7) is 6.88. The fourth-order valence-electron chi connectivity index (χ4n) is 11.4. The summed E-state index contributed by atoms with van der Waals surface area (Å²) in [4.78, 5) is 201. The molecule has 1 saturated heterocycles. The average Bonchev–Trinajstić information content (AvgIpc) is 1.68. The molecule has 5 rings (SSSR count). The van der Waals surface area contributed by atoms with Crippen molar-refractivity contribution in [2.75, 3.05) is 104 Å². The van der Waals surface area contributed by atoms with Gasteiger partial charge in [0.1, 0.15) is 54.5 Å². The van der Waals surface area contributed by atoms with Crippen LogP contribution in [-0.2, 0) is 86.5 Å². The highest BCUT2D eigenvalue weighted by atomic mass is 32.2. The Kier molecular flexibility index (Phi) is 35.2. The van der Waals surface area contributed by atoms with Gasteiger partial charge in [-0.05, 0) is 67.7 Å². The summed E-state index contributed by atoms with van der Waals surface area (Å²) in [5, 5.41) is 50.3. The largest absolute Gasteiger partial charge is 0.485 e. The molecule has 1 fully saturated rings. The molecule has 4 aromatic rings. The van der Waals surface area contributed by atoms with E-state index in [1.807, 2.05) is 20.1 Å². The van der Waals surface area contributed by atoms with Crippen LogP contribution in [0.2, 0.25) is 0 Å². The van der Waals surface area contributed by atoms with Gasteiger partial charge in [0.2, 0.25) is 59.1 Å². The highest BCUT2D eigenvalue weighted by Gasteiger charge is 2.36. The predicted molar refractivity (Wildman–Crippen MR) is 384 cm³/mol. The van der Waals surface area contributed by atoms with E-state index in [2.05, 4.69) is 57.5 Å². The van der Waals surface area contributed by atoms with Gasteiger partial charge < -0.3 is 89.8 Å². The molecule has 1 aliphatic rings. The second-order valence-electron chi connectivity index (χ2n) is 26.4. The number of fused-ring (bicyclic) bond motifs is 1. The molecule has 36 nitrogen and oxygen atoms in total.